The van der Waals surface area contributed by atoms with E-state index in [9.17, 15) is 0 Å². The predicted octanol–water partition coefficient (Wildman–Crippen LogP) is 5.55. The van der Waals surface area contributed by atoms with Crippen LogP contribution in [0.15, 0.2) is 0 Å². The highest BCUT2D eigenvalue weighted by Gasteiger charge is 2.25. The van der Waals surface area contributed by atoms with Crippen LogP contribution in [-0.2, 0) is 4.74 Å². The molecule has 0 aliphatic carbocycles. The smallest absolute Gasteiger partial charge is 0.102 e. The maximum Gasteiger partial charge on any atom is 0.102 e. The number of aliphatic hydroxyl groups is 1. The molecule has 0 aliphatic rings. The van der Waals surface area contributed by atoms with Crippen molar-refractivity contribution in [3.63, 3.8) is 0 Å². The maximum absolute atomic E-state index is 8.93. The van der Waals surface area contributed by atoms with E-state index in [1.165, 1.54) is 101 Å². The van der Waals surface area contributed by atoms with Crippen LogP contribution >= 0.6 is 0 Å². The minimum atomic E-state index is 0.141. The number of rotatable bonds is 20. The van der Waals surface area contributed by atoms with E-state index in [-0.39, 0.29) is 6.61 Å². The second-order valence-corrected chi connectivity index (χ2v) is 7.75. The van der Waals surface area contributed by atoms with Crippen molar-refractivity contribution < 1.29 is 14.3 Å². The van der Waals surface area contributed by atoms with Crippen LogP contribution in [0.1, 0.15) is 97.8 Å². The third kappa shape index (κ3) is 14.7. The Kier molecular flexibility index (Phi) is 18.6. The molecule has 0 unspecified atom stereocenters. The lowest BCUT2D eigenvalue weighted by Crippen LogP contribution is -2.52. The lowest BCUT2D eigenvalue weighted by atomic mass is 10.1. The van der Waals surface area contributed by atoms with Crippen LogP contribution in [-0.4, -0.2) is 55.6 Å². The summed E-state index contributed by atoms with van der Waals surface area (Å²) in [6.45, 7) is 13.3. The molecule has 3 heteroatoms. The summed E-state index contributed by atoms with van der Waals surface area (Å²) in [7, 11) is 0. The standard InChI is InChI=1S/C22H48NO2/c1-4-7-10-11-12-13-14-15-18-23(16-8-5-2,17-9-6-3)19-21-25-22-20-24/h24H,4-22H2,1-3H3/q+1. The molecule has 0 saturated carbocycles. The van der Waals surface area contributed by atoms with Gasteiger partial charge in [-0.25, -0.2) is 0 Å². The molecule has 0 fully saturated rings. The van der Waals surface area contributed by atoms with Gasteiger partial charge < -0.3 is 14.3 Å². The van der Waals surface area contributed by atoms with Crippen molar-refractivity contribution in [1.29, 1.82) is 0 Å². The molecule has 152 valence electrons. The Balaban J connectivity index is 4.26. The molecule has 0 radical (unpaired) electrons. The van der Waals surface area contributed by atoms with E-state index < -0.39 is 0 Å². The number of unbranched alkanes of at least 4 members (excludes halogenated alkanes) is 9. The first-order chi connectivity index (χ1) is 12.2. The first kappa shape index (κ1) is 24.9. The van der Waals surface area contributed by atoms with E-state index in [2.05, 4.69) is 20.8 Å². The highest BCUT2D eigenvalue weighted by molar-refractivity contribution is 4.51. The SMILES string of the molecule is CCCCCCCCCC[N+](CCCC)(CCCC)CCOCCO. The summed E-state index contributed by atoms with van der Waals surface area (Å²) in [5, 5.41) is 8.93. The topological polar surface area (TPSA) is 29.5 Å². The Morgan fingerprint density at radius 3 is 1.56 bits per heavy atom. The first-order valence-corrected chi connectivity index (χ1v) is 11.3. The normalized spacial score (nSPS) is 12.0. The van der Waals surface area contributed by atoms with Gasteiger partial charge in [0, 0.05) is 0 Å². The Hall–Kier alpha value is -0.120. The van der Waals surface area contributed by atoms with Gasteiger partial charge in [0.25, 0.3) is 0 Å². The number of quaternary nitrogens is 1. The Labute approximate surface area is 158 Å². The molecular formula is C22H48NO2+. The highest BCUT2D eigenvalue weighted by Crippen LogP contribution is 2.16. The van der Waals surface area contributed by atoms with Gasteiger partial charge >= 0.3 is 0 Å². The van der Waals surface area contributed by atoms with E-state index in [0.29, 0.717) is 6.61 Å². The van der Waals surface area contributed by atoms with Crippen LogP contribution in [0.3, 0.4) is 0 Å². The average molecular weight is 359 g/mol. The molecule has 0 aromatic heterocycles. The fourth-order valence-corrected chi connectivity index (χ4v) is 3.66. The van der Waals surface area contributed by atoms with Gasteiger partial charge in [0.1, 0.15) is 6.54 Å². The molecule has 0 bridgehead atoms. The molecular weight excluding hydrogens is 310 g/mol. The summed E-state index contributed by atoms with van der Waals surface area (Å²) >= 11 is 0. The second kappa shape index (κ2) is 18.7. The summed E-state index contributed by atoms with van der Waals surface area (Å²) in [5.41, 5.74) is 0. The van der Waals surface area contributed by atoms with Gasteiger partial charge in [0.2, 0.25) is 0 Å². The van der Waals surface area contributed by atoms with Gasteiger partial charge in [0.05, 0.1) is 39.5 Å². The van der Waals surface area contributed by atoms with Crippen LogP contribution < -0.4 is 0 Å². The molecule has 3 nitrogen and oxygen atoms in total. The van der Waals surface area contributed by atoms with Crippen molar-refractivity contribution in [1.82, 2.24) is 0 Å². The molecule has 0 atom stereocenters. The van der Waals surface area contributed by atoms with Crippen molar-refractivity contribution in [2.24, 2.45) is 0 Å². The quantitative estimate of drug-likeness (QED) is 0.228. The molecule has 0 aromatic rings. The van der Waals surface area contributed by atoms with Gasteiger partial charge in [-0.2, -0.15) is 0 Å². The van der Waals surface area contributed by atoms with Gasteiger partial charge in [-0.3, -0.25) is 0 Å². The van der Waals surface area contributed by atoms with E-state index >= 15 is 0 Å². The number of hydrogen-bond donors (Lipinski definition) is 1. The first-order valence-electron chi connectivity index (χ1n) is 11.3. The number of hydrogen-bond acceptors (Lipinski definition) is 2. The Morgan fingerprint density at radius 2 is 1.04 bits per heavy atom. The summed E-state index contributed by atoms with van der Waals surface area (Å²) in [6.07, 6.45) is 16.4. The molecule has 0 aromatic carbocycles. The minimum Gasteiger partial charge on any atom is -0.394 e. The monoisotopic (exact) mass is 358 g/mol. The van der Waals surface area contributed by atoms with E-state index in [0.717, 1.165) is 13.2 Å². The van der Waals surface area contributed by atoms with Crippen molar-refractivity contribution in [2.75, 3.05) is 46.0 Å². The molecule has 0 aliphatic heterocycles. The van der Waals surface area contributed by atoms with Crippen LogP contribution in [0, 0.1) is 0 Å². The number of aliphatic hydroxyl groups excluding tert-OH is 1. The lowest BCUT2D eigenvalue weighted by Gasteiger charge is -2.39. The van der Waals surface area contributed by atoms with Crippen LogP contribution in [0.2, 0.25) is 0 Å². The third-order valence-corrected chi connectivity index (χ3v) is 5.40. The highest BCUT2D eigenvalue weighted by atomic mass is 16.5. The largest absolute Gasteiger partial charge is 0.394 e. The van der Waals surface area contributed by atoms with Crippen molar-refractivity contribution >= 4 is 0 Å². The molecule has 0 rings (SSSR count). The zero-order valence-electron chi connectivity index (χ0n) is 17.7. The fourth-order valence-electron chi connectivity index (χ4n) is 3.66. The van der Waals surface area contributed by atoms with Crippen molar-refractivity contribution in [3.8, 4) is 0 Å². The van der Waals surface area contributed by atoms with Crippen molar-refractivity contribution in [2.45, 2.75) is 97.8 Å². The van der Waals surface area contributed by atoms with E-state index in [1.54, 1.807) is 0 Å². The molecule has 25 heavy (non-hydrogen) atoms. The fraction of sp³-hybridized carbons (Fsp3) is 1.00. The van der Waals surface area contributed by atoms with Crippen molar-refractivity contribution in [3.05, 3.63) is 0 Å². The third-order valence-electron chi connectivity index (χ3n) is 5.40. The molecule has 0 heterocycles. The molecule has 0 amide bonds. The van der Waals surface area contributed by atoms with Gasteiger partial charge in [-0.1, -0.05) is 72.1 Å². The molecule has 0 saturated heterocycles. The maximum atomic E-state index is 8.93. The predicted molar refractivity (Wildman–Crippen MR) is 110 cm³/mol. The van der Waals surface area contributed by atoms with Gasteiger partial charge in [0.15, 0.2) is 0 Å². The molecule has 1 N–H and O–H groups in total. The van der Waals surface area contributed by atoms with Gasteiger partial charge in [-0.15, -0.1) is 0 Å². The van der Waals surface area contributed by atoms with E-state index in [4.69, 9.17) is 9.84 Å². The lowest BCUT2D eigenvalue weighted by molar-refractivity contribution is -0.929. The summed E-state index contributed by atoms with van der Waals surface area (Å²) < 4.78 is 6.85. The van der Waals surface area contributed by atoms with E-state index in [1.807, 2.05) is 0 Å². The number of ether oxygens (including phenoxy) is 1. The Morgan fingerprint density at radius 1 is 0.560 bits per heavy atom. The number of nitrogens with zero attached hydrogens (tertiary/aromatic N) is 1. The second-order valence-electron chi connectivity index (χ2n) is 7.75. The zero-order chi connectivity index (χ0) is 18.6. The van der Waals surface area contributed by atoms with Gasteiger partial charge in [-0.05, 0) is 25.7 Å². The van der Waals surface area contributed by atoms with Crippen LogP contribution in [0.5, 0.6) is 0 Å². The van der Waals surface area contributed by atoms with Crippen LogP contribution in [0.4, 0.5) is 0 Å². The van der Waals surface area contributed by atoms with Crippen LogP contribution in [0.25, 0.3) is 0 Å². The summed E-state index contributed by atoms with van der Waals surface area (Å²) in [6, 6.07) is 0. The average Bonchev–Trinajstić information content (AvgIpc) is 2.63. The summed E-state index contributed by atoms with van der Waals surface area (Å²) in [5.74, 6) is 0. The zero-order valence-corrected chi connectivity index (χ0v) is 17.7. The Bertz CT molecular complexity index is 250. The molecule has 0 spiro atoms. The minimum absolute atomic E-state index is 0.141. The summed E-state index contributed by atoms with van der Waals surface area (Å²) in [4.78, 5) is 0.